The summed E-state index contributed by atoms with van der Waals surface area (Å²) in [5.74, 6) is -0.275. The van der Waals surface area contributed by atoms with Crippen LogP contribution in [0.25, 0.3) is 10.8 Å². The molecule has 1 atom stereocenters. The lowest BCUT2D eigenvalue weighted by Crippen LogP contribution is -2.28. The van der Waals surface area contributed by atoms with E-state index < -0.39 is 6.04 Å². The minimum Gasteiger partial charge on any atom is -0.464 e. The van der Waals surface area contributed by atoms with Crippen LogP contribution in [0, 0.1) is 6.92 Å². The van der Waals surface area contributed by atoms with E-state index >= 15 is 0 Å². The van der Waals surface area contributed by atoms with E-state index in [0.29, 0.717) is 12.3 Å². The van der Waals surface area contributed by atoms with Gasteiger partial charge in [-0.05, 0) is 39.0 Å². The molecule has 1 unspecified atom stereocenters. The predicted molar refractivity (Wildman–Crippen MR) is 80.6 cm³/mol. The smallest absolute Gasteiger partial charge is 0.328 e. The first kappa shape index (κ1) is 14.1. The van der Waals surface area contributed by atoms with Crippen molar-refractivity contribution >= 4 is 28.1 Å². The number of nitrogens with zero attached hydrogens (tertiary/aromatic N) is 1. The second-order valence-corrected chi connectivity index (χ2v) is 4.69. The molecule has 0 aliphatic heterocycles. The summed E-state index contributed by atoms with van der Waals surface area (Å²) >= 11 is 0. The maximum absolute atomic E-state index is 11.7. The zero-order chi connectivity index (χ0) is 14.7. The molecule has 3 N–H and O–H groups in total. The third kappa shape index (κ3) is 2.82. The highest BCUT2D eigenvalue weighted by molar-refractivity contribution is 6.01. The Bertz CT molecular complexity index is 640. The van der Waals surface area contributed by atoms with Crippen LogP contribution in [0.15, 0.2) is 24.4 Å². The van der Waals surface area contributed by atoms with Gasteiger partial charge in [0, 0.05) is 34.0 Å². The zero-order valence-corrected chi connectivity index (χ0v) is 11.9. The van der Waals surface area contributed by atoms with E-state index in [4.69, 9.17) is 10.5 Å². The number of aromatic nitrogens is 1. The van der Waals surface area contributed by atoms with Gasteiger partial charge in [-0.3, -0.25) is 4.98 Å². The van der Waals surface area contributed by atoms with Gasteiger partial charge >= 0.3 is 5.97 Å². The number of hydrogen-bond donors (Lipinski definition) is 2. The van der Waals surface area contributed by atoms with Crippen molar-refractivity contribution < 1.29 is 9.53 Å². The van der Waals surface area contributed by atoms with E-state index in [2.05, 4.69) is 10.3 Å². The summed E-state index contributed by atoms with van der Waals surface area (Å²) in [7, 11) is 0. The van der Waals surface area contributed by atoms with E-state index in [9.17, 15) is 4.79 Å². The first-order valence-electron chi connectivity index (χ1n) is 6.61. The van der Waals surface area contributed by atoms with Crippen LogP contribution in [0.4, 0.5) is 11.4 Å². The molecule has 0 amide bonds. The van der Waals surface area contributed by atoms with Gasteiger partial charge in [0.15, 0.2) is 0 Å². The van der Waals surface area contributed by atoms with Crippen LogP contribution >= 0.6 is 0 Å². The molecule has 0 spiro atoms. The Morgan fingerprint density at radius 2 is 2.20 bits per heavy atom. The number of nitrogens with one attached hydrogen (secondary N) is 1. The molecule has 1 aromatic heterocycles. The first-order valence-corrected chi connectivity index (χ1v) is 6.61. The van der Waals surface area contributed by atoms with Crippen molar-refractivity contribution in [2.24, 2.45) is 0 Å². The Morgan fingerprint density at radius 3 is 2.90 bits per heavy atom. The lowest BCUT2D eigenvalue weighted by atomic mass is 10.1. The number of carbonyl (C=O) groups is 1. The minimum absolute atomic E-state index is 0.275. The lowest BCUT2D eigenvalue weighted by Gasteiger charge is -2.16. The summed E-state index contributed by atoms with van der Waals surface area (Å²) < 4.78 is 5.00. The van der Waals surface area contributed by atoms with Gasteiger partial charge in [0.05, 0.1) is 6.61 Å². The molecule has 20 heavy (non-hydrogen) atoms. The average molecular weight is 273 g/mol. The van der Waals surface area contributed by atoms with Crippen LogP contribution in [-0.2, 0) is 9.53 Å². The molecule has 2 aromatic rings. The topological polar surface area (TPSA) is 77.2 Å². The molecule has 5 heteroatoms. The normalized spacial score (nSPS) is 12.2. The number of anilines is 2. The highest BCUT2D eigenvalue weighted by Crippen LogP contribution is 2.28. The summed E-state index contributed by atoms with van der Waals surface area (Å²) in [6, 6.07) is 5.20. The summed E-state index contributed by atoms with van der Waals surface area (Å²) in [4.78, 5) is 15.9. The second-order valence-electron chi connectivity index (χ2n) is 4.69. The number of nitrogen functional groups attached to an aromatic ring is 1. The molecule has 2 rings (SSSR count). The highest BCUT2D eigenvalue weighted by atomic mass is 16.5. The number of rotatable bonds is 4. The molecule has 1 heterocycles. The monoisotopic (exact) mass is 273 g/mol. The Morgan fingerprint density at radius 1 is 1.45 bits per heavy atom. The predicted octanol–water partition coefficient (Wildman–Crippen LogP) is 2.49. The third-order valence-electron chi connectivity index (χ3n) is 3.08. The molecule has 1 aromatic carbocycles. The van der Waals surface area contributed by atoms with Gasteiger partial charge in [0.2, 0.25) is 0 Å². The largest absolute Gasteiger partial charge is 0.464 e. The summed E-state index contributed by atoms with van der Waals surface area (Å²) in [6.07, 6.45) is 1.75. The van der Waals surface area contributed by atoms with Crippen LogP contribution in [0.3, 0.4) is 0 Å². The third-order valence-corrected chi connectivity index (χ3v) is 3.08. The van der Waals surface area contributed by atoms with Crippen molar-refractivity contribution in [3.63, 3.8) is 0 Å². The fourth-order valence-corrected chi connectivity index (χ4v) is 2.05. The number of hydrogen-bond acceptors (Lipinski definition) is 5. The molecule has 0 saturated carbocycles. The maximum Gasteiger partial charge on any atom is 0.328 e. The van der Waals surface area contributed by atoms with Crippen molar-refractivity contribution in [1.29, 1.82) is 0 Å². The molecule has 106 valence electrons. The standard InChI is InChI=1S/C15H19N3O2/c1-4-20-15(19)10(3)18-14-6-5-13(16)12-8-17-9(2)7-11(12)14/h5-8,10,18H,4,16H2,1-3H3. The van der Waals surface area contributed by atoms with Gasteiger partial charge in [-0.25, -0.2) is 4.79 Å². The molecule has 5 nitrogen and oxygen atoms in total. The number of ether oxygens (including phenoxy) is 1. The number of benzene rings is 1. The molecule has 0 radical (unpaired) electrons. The van der Waals surface area contributed by atoms with Gasteiger partial charge in [0.1, 0.15) is 6.04 Å². The maximum atomic E-state index is 11.7. The molecule has 0 aliphatic carbocycles. The summed E-state index contributed by atoms with van der Waals surface area (Å²) in [5, 5.41) is 4.99. The highest BCUT2D eigenvalue weighted by Gasteiger charge is 2.15. The SMILES string of the molecule is CCOC(=O)C(C)Nc1ccc(N)c2cnc(C)cc12. The van der Waals surface area contributed by atoms with E-state index in [0.717, 1.165) is 22.2 Å². The van der Waals surface area contributed by atoms with Gasteiger partial charge < -0.3 is 15.8 Å². The van der Waals surface area contributed by atoms with Crippen molar-refractivity contribution in [3.05, 3.63) is 30.1 Å². The molecular weight excluding hydrogens is 254 g/mol. The number of aryl methyl sites for hydroxylation is 1. The van der Waals surface area contributed by atoms with Gasteiger partial charge in [-0.2, -0.15) is 0 Å². The Labute approximate surface area is 118 Å². The quantitative estimate of drug-likeness (QED) is 0.661. The average Bonchev–Trinajstić information content (AvgIpc) is 2.42. The lowest BCUT2D eigenvalue weighted by molar-refractivity contribution is -0.143. The van der Waals surface area contributed by atoms with Crippen LogP contribution in [-0.4, -0.2) is 23.6 Å². The Hall–Kier alpha value is -2.30. The number of nitrogens with two attached hydrogens (primary N) is 1. The molecule has 0 saturated heterocycles. The molecule has 0 fully saturated rings. The van der Waals surface area contributed by atoms with Crippen molar-refractivity contribution in [1.82, 2.24) is 4.98 Å². The van der Waals surface area contributed by atoms with Gasteiger partial charge in [-0.1, -0.05) is 0 Å². The van der Waals surface area contributed by atoms with Crippen LogP contribution in [0.2, 0.25) is 0 Å². The molecule has 0 aliphatic rings. The van der Waals surface area contributed by atoms with Crippen LogP contribution in [0.5, 0.6) is 0 Å². The summed E-state index contributed by atoms with van der Waals surface area (Å²) in [5.41, 5.74) is 8.37. The number of fused-ring (bicyclic) bond motifs is 1. The molecular formula is C15H19N3O2. The van der Waals surface area contributed by atoms with Crippen LogP contribution < -0.4 is 11.1 Å². The van der Waals surface area contributed by atoms with Gasteiger partial charge in [-0.15, -0.1) is 0 Å². The Balaban J connectivity index is 2.37. The number of esters is 1. The van der Waals surface area contributed by atoms with E-state index in [-0.39, 0.29) is 5.97 Å². The Kier molecular flexibility index (Phi) is 4.08. The number of pyridine rings is 1. The molecule has 0 bridgehead atoms. The van der Waals surface area contributed by atoms with Crippen molar-refractivity contribution in [3.8, 4) is 0 Å². The fraction of sp³-hybridized carbons (Fsp3) is 0.333. The van der Waals surface area contributed by atoms with Crippen molar-refractivity contribution in [2.45, 2.75) is 26.8 Å². The number of carbonyl (C=O) groups excluding carboxylic acids is 1. The van der Waals surface area contributed by atoms with E-state index in [1.807, 2.05) is 19.1 Å². The fourth-order valence-electron chi connectivity index (χ4n) is 2.05. The zero-order valence-electron chi connectivity index (χ0n) is 11.9. The van der Waals surface area contributed by atoms with E-state index in [1.165, 1.54) is 0 Å². The second kappa shape index (κ2) is 5.77. The van der Waals surface area contributed by atoms with Crippen LogP contribution in [0.1, 0.15) is 19.5 Å². The first-order chi connectivity index (χ1) is 9.52. The van der Waals surface area contributed by atoms with Crippen molar-refractivity contribution in [2.75, 3.05) is 17.7 Å². The van der Waals surface area contributed by atoms with E-state index in [1.54, 1.807) is 26.1 Å². The minimum atomic E-state index is -0.421. The van der Waals surface area contributed by atoms with Gasteiger partial charge in [0.25, 0.3) is 0 Å². The summed E-state index contributed by atoms with van der Waals surface area (Å²) in [6.45, 7) is 5.85.